The Bertz CT molecular complexity index is 3140. The molecule has 0 bridgehead atoms. The summed E-state index contributed by atoms with van der Waals surface area (Å²) < 4.78 is 62.3. The van der Waals surface area contributed by atoms with E-state index in [2.05, 4.69) is 26.9 Å². The number of carbonyl (C=O) groups excluding carboxylic acids is 2. The van der Waals surface area contributed by atoms with Crippen molar-refractivity contribution in [1.29, 1.82) is 0 Å². The highest BCUT2D eigenvalue weighted by Gasteiger charge is 2.59. The standard InChI is InChI=1S/C62H75F2N7O13/c1-68(60(72)46-21-35-19-42(5-6-45(35)66-46)70-12-10-62(74,84-70)61(73)65-29-32-15-40(63)27-41(64)16-32)58-43-20-33-17-36-18-38-30-69(47-3-2-4-50-59(47)83-71(82-50)57-9-14-76-67-81-57)11-7-48(38)77-51(36)22-34(33)23-53(43)80-54-24-37-25-55-56(79-52(37)28-44(54)58)26-39-31-75-13-8-49(39)78-55/h2-6,15-16,19,21,27,33-34,36-39,43-44,48-49,51-58,66-67,74H,7-14,17-18,20,22-26,28-31H2,1H3,(H,65,73)/t33?,34?,36?,37?,38?,39?,43?,44?,48?,49?,51?,52?,53?,54?,55?,56?,57?,58?,62-/m0/s1. The Balaban J connectivity index is 0.629. The molecule has 3 aliphatic carbocycles. The highest BCUT2D eigenvalue weighted by atomic mass is 19.1. The summed E-state index contributed by atoms with van der Waals surface area (Å²) >= 11 is 0. The zero-order valence-corrected chi connectivity index (χ0v) is 47.2. The van der Waals surface area contributed by atoms with Gasteiger partial charge in [0.05, 0.1) is 85.2 Å². The molecule has 2 amide bonds. The quantitative estimate of drug-likeness (QED) is 0.140. The smallest absolute Gasteiger partial charge is 0.282 e. The first-order valence-electron chi connectivity index (χ1n) is 31.0. The molecule has 10 heterocycles. The fourth-order valence-corrected chi connectivity index (χ4v) is 17.6. The van der Waals surface area contributed by atoms with E-state index in [1.807, 2.05) is 48.3 Å². The summed E-state index contributed by atoms with van der Waals surface area (Å²) in [5, 5.41) is 17.5. The first kappa shape index (κ1) is 54.2. The zero-order chi connectivity index (χ0) is 56.5. The molecule has 20 nitrogen and oxygen atoms in total. The van der Waals surface area contributed by atoms with Gasteiger partial charge in [-0.1, -0.05) is 11.7 Å². The van der Waals surface area contributed by atoms with Crippen LogP contribution >= 0.6 is 0 Å². The topological polar surface area (TPSA) is 199 Å². The van der Waals surface area contributed by atoms with Crippen LogP contribution in [0.2, 0.25) is 0 Å². The third kappa shape index (κ3) is 9.82. The molecule has 0 spiro atoms. The number of rotatable bonds is 8. The molecule has 1 aromatic heterocycles. The number of halogens is 2. The summed E-state index contributed by atoms with van der Waals surface area (Å²) in [5.74, 6) is -0.664. The first-order valence-corrected chi connectivity index (χ1v) is 31.0. The van der Waals surface area contributed by atoms with Crippen LogP contribution in [0.4, 0.5) is 20.2 Å². The number of nitrogens with one attached hydrogen (secondary N) is 3. The molecule has 3 aromatic carbocycles. The van der Waals surface area contributed by atoms with Crippen molar-refractivity contribution < 1.29 is 71.3 Å². The van der Waals surface area contributed by atoms with E-state index in [-0.39, 0.29) is 97.7 Å². The van der Waals surface area contributed by atoms with E-state index >= 15 is 4.79 Å². The van der Waals surface area contributed by atoms with Crippen molar-refractivity contribution in [2.75, 3.05) is 56.5 Å². The lowest BCUT2D eigenvalue weighted by molar-refractivity contribution is -0.376. The molecule has 450 valence electrons. The number of aliphatic hydroxyl groups is 1. The Kier molecular flexibility index (Phi) is 13.9. The van der Waals surface area contributed by atoms with Gasteiger partial charge in [-0.05, 0) is 148 Å². The molecule has 4 aromatic rings. The molecule has 11 fully saturated rings. The van der Waals surface area contributed by atoms with E-state index < -0.39 is 29.6 Å². The second-order valence-electron chi connectivity index (χ2n) is 26.4. The van der Waals surface area contributed by atoms with Crippen molar-refractivity contribution in [1.82, 2.24) is 26.1 Å². The molecule has 8 saturated heterocycles. The van der Waals surface area contributed by atoms with Gasteiger partial charge < -0.3 is 58.6 Å². The third-order valence-corrected chi connectivity index (χ3v) is 21.5. The van der Waals surface area contributed by atoms with Crippen LogP contribution in [0, 0.1) is 59.0 Å². The SMILES string of the molecule is CN(C(=O)c1cc2cc(N3CC[C@@](O)(C(=O)NCc4cc(F)cc(F)c4)O3)ccc2[nH]1)C1C2CC3CC4CC5CN(c6cccc7c6ON(C6CCONO6)O7)CCC5OC4CC3CC2OC2CC3CC4OC5CCOCC5CC4OC3CC21. The summed E-state index contributed by atoms with van der Waals surface area (Å²) in [6.07, 6.45) is 11.5. The van der Waals surface area contributed by atoms with Crippen LogP contribution < -0.4 is 30.6 Å². The van der Waals surface area contributed by atoms with E-state index in [1.165, 1.54) is 10.3 Å². The predicted molar refractivity (Wildman–Crippen MR) is 295 cm³/mol. The molecule has 12 aliphatic rings. The minimum Gasteiger partial charge on any atom is -0.381 e. The molecular weight excluding hydrogens is 1090 g/mol. The number of hydroxylamine groups is 3. The average Bonchev–Trinajstić information content (AvgIpc) is 2.32. The van der Waals surface area contributed by atoms with Crippen LogP contribution in [0.5, 0.6) is 11.5 Å². The number of piperidine rings is 1. The molecular formula is C62H75F2N7O13. The number of amides is 2. The van der Waals surface area contributed by atoms with Crippen molar-refractivity contribution in [3.63, 3.8) is 0 Å². The number of hydrogen-bond donors (Lipinski definition) is 4. The molecule has 9 aliphatic heterocycles. The van der Waals surface area contributed by atoms with E-state index in [0.29, 0.717) is 71.4 Å². The third-order valence-electron chi connectivity index (χ3n) is 21.5. The fraction of sp³-hybridized carbons (Fsp3) is 0.645. The average molecular weight is 1160 g/mol. The van der Waals surface area contributed by atoms with Crippen molar-refractivity contribution >= 4 is 34.1 Å². The summed E-state index contributed by atoms with van der Waals surface area (Å²) in [6, 6.07) is 16.4. The van der Waals surface area contributed by atoms with Gasteiger partial charge in [-0.25, -0.2) is 13.6 Å². The Morgan fingerprint density at radius 2 is 1.45 bits per heavy atom. The van der Waals surface area contributed by atoms with Crippen molar-refractivity contribution in [3.8, 4) is 11.5 Å². The Hall–Kier alpha value is -5.24. The molecule has 22 heteroatoms. The van der Waals surface area contributed by atoms with Crippen LogP contribution in [-0.2, 0) is 49.5 Å². The minimum atomic E-state index is -2.20. The van der Waals surface area contributed by atoms with Crippen LogP contribution in [0.3, 0.4) is 0 Å². The van der Waals surface area contributed by atoms with Crippen molar-refractivity contribution in [3.05, 3.63) is 83.6 Å². The number of aromatic nitrogens is 1. The van der Waals surface area contributed by atoms with Gasteiger partial charge >= 0.3 is 0 Å². The highest BCUT2D eigenvalue weighted by Crippen LogP contribution is 2.57. The molecule has 4 N–H and O–H groups in total. The van der Waals surface area contributed by atoms with Crippen LogP contribution in [0.1, 0.15) is 99.5 Å². The summed E-state index contributed by atoms with van der Waals surface area (Å²) in [7, 11) is 2.00. The summed E-state index contributed by atoms with van der Waals surface area (Å²) in [5.41, 5.74) is 5.52. The number of ether oxygens (including phenoxy) is 5. The van der Waals surface area contributed by atoms with E-state index in [4.69, 9.17) is 47.9 Å². The second-order valence-corrected chi connectivity index (χ2v) is 26.4. The molecule has 3 saturated carbocycles. The fourth-order valence-electron chi connectivity index (χ4n) is 17.6. The number of benzene rings is 3. The Morgan fingerprint density at radius 3 is 2.31 bits per heavy atom. The van der Waals surface area contributed by atoms with Gasteiger partial charge in [0.1, 0.15) is 17.3 Å². The largest absolute Gasteiger partial charge is 0.381 e. The van der Waals surface area contributed by atoms with Crippen LogP contribution in [0.15, 0.2) is 60.7 Å². The number of fused-ring (bicyclic) bond motifs is 10. The Labute approximate surface area is 485 Å². The molecule has 16 rings (SSSR count). The van der Waals surface area contributed by atoms with Gasteiger partial charge in [0.2, 0.25) is 12.0 Å². The van der Waals surface area contributed by atoms with Gasteiger partial charge in [0.25, 0.3) is 17.6 Å². The lowest BCUT2D eigenvalue weighted by atomic mass is 9.57. The predicted octanol–water partition coefficient (Wildman–Crippen LogP) is 7.00. The van der Waals surface area contributed by atoms with Gasteiger partial charge in [-0.3, -0.25) is 24.3 Å². The first-order chi connectivity index (χ1) is 40.9. The lowest BCUT2D eigenvalue weighted by Crippen LogP contribution is -2.65. The van der Waals surface area contributed by atoms with E-state index in [9.17, 15) is 18.7 Å². The molecule has 19 atom stereocenters. The number of anilines is 2. The normalized spacial score (nSPS) is 39.6. The van der Waals surface area contributed by atoms with Crippen LogP contribution in [-0.4, -0.2) is 145 Å². The number of aromatic amines is 1. The maximum Gasteiger partial charge on any atom is 0.282 e. The maximum atomic E-state index is 15.3. The summed E-state index contributed by atoms with van der Waals surface area (Å²) in [4.78, 5) is 65.5. The number of nitrogens with zero attached hydrogens (tertiary/aromatic N) is 4. The summed E-state index contributed by atoms with van der Waals surface area (Å²) in [6.45, 7) is 3.66. The lowest BCUT2D eigenvalue weighted by Gasteiger charge is -2.60. The molecule has 0 radical (unpaired) electrons. The maximum absolute atomic E-state index is 15.3. The van der Waals surface area contributed by atoms with Gasteiger partial charge in [0.15, 0.2) is 5.75 Å². The highest BCUT2D eigenvalue weighted by molar-refractivity contribution is 5.99. The van der Waals surface area contributed by atoms with E-state index in [1.54, 1.807) is 0 Å². The second kappa shape index (κ2) is 21.6. The number of H-pyrrole nitrogens is 1. The Morgan fingerprint density at radius 1 is 0.726 bits per heavy atom. The van der Waals surface area contributed by atoms with E-state index in [0.717, 1.165) is 132 Å². The monoisotopic (exact) mass is 1160 g/mol. The number of carbonyl (C=O) groups is 2. The van der Waals surface area contributed by atoms with Crippen LogP contribution in [0.25, 0.3) is 10.9 Å². The van der Waals surface area contributed by atoms with Gasteiger partial charge in [-0.2, -0.15) is 0 Å². The zero-order valence-electron chi connectivity index (χ0n) is 47.2. The van der Waals surface area contributed by atoms with Crippen molar-refractivity contribution in [2.45, 2.75) is 157 Å². The molecule has 18 unspecified atom stereocenters. The van der Waals surface area contributed by atoms with Gasteiger partial charge in [0, 0.05) is 92.8 Å². The number of hydrogen-bond acceptors (Lipinski definition) is 17. The molecule has 84 heavy (non-hydrogen) atoms. The number of para-hydroxylation sites is 1. The van der Waals surface area contributed by atoms with Crippen molar-refractivity contribution in [2.24, 2.45) is 47.3 Å². The minimum absolute atomic E-state index is 0.00593. The van der Waals surface area contributed by atoms with Gasteiger partial charge in [-0.15, -0.1) is 0 Å².